The molecule has 0 amide bonds. The molecule has 0 aliphatic rings. The van der Waals surface area contributed by atoms with Gasteiger partial charge < -0.3 is 20.3 Å². The number of aliphatic hydroxyl groups excluding tert-OH is 1. The van der Waals surface area contributed by atoms with Gasteiger partial charge in [-0.1, -0.05) is 13.3 Å². The zero-order valence-corrected chi connectivity index (χ0v) is 10.2. The lowest BCUT2D eigenvalue weighted by Gasteiger charge is -2.13. The van der Waals surface area contributed by atoms with Crippen molar-refractivity contribution in [1.82, 2.24) is 0 Å². The first kappa shape index (κ1) is 13.8. The SMILES string of the molecule is CCCCOCC(O)CNc1ccc(O)cc1. The van der Waals surface area contributed by atoms with Crippen LogP contribution in [-0.4, -0.2) is 36.1 Å². The predicted molar refractivity (Wildman–Crippen MR) is 68.3 cm³/mol. The summed E-state index contributed by atoms with van der Waals surface area (Å²) in [4.78, 5) is 0. The number of anilines is 1. The van der Waals surface area contributed by atoms with E-state index in [4.69, 9.17) is 9.84 Å². The van der Waals surface area contributed by atoms with Crippen molar-refractivity contribution in [3.05, 3.63) is 24.3 Å². The Hall–Kier alpha value is -1.26. The van der Waals surface area contributed by atoms with Crippen LogP contribution in [0.5, 0.6) is 5.75 Å². The maximum absolute atomic E-state index is 9.63. The smallest absolute Gasteiger partial charge is 0.115 e. The van der Waals surface area contributed by atoms with Gasteiger partial charge in [0.05, 0.1) is 12.7 Å². The molecule has 0 aromatic heterocycles. The zero-order valence-electron chi connectivity index (χ0n) is 10.2. The third kappa shape index (κ3) is 6.14. The van der Waals surface area contributed by atoms with Gasteiger partial charge in [0, 0.05) is 18.8 Å². The number of unbranched alkanes of at least 4 members (excludes halogenated alkanes) is 1. The molecule has 0 saturated heterocycles. The molecule has 17 heavy (non-hydrogen) atoms. The standard InChI is InChI=1S/C13H21NO3/c1-2-3-8-17-10-13(16)9-14-11-4-6-12(15)7-5-11/h4-7,13-16H,2-3,8-10H2,1H3. The van der Waals surface area contributed by atoms with Gasteiger partial charge in [-0.05, 0) is 30.7 Å². The van der Waals surface area contributed by atoms with E-state index in [1.54, 1.807) is 24.3 Å². The molecular weight excluding hydrogens is 218 g/mol. The fraction of sp³-hybridized carbons (Fsp3) is 0.538. The lowest BCUT2D eigenvalue weighted by Crippen LogP contribution is -2.25. The van der Waals surface area contributed by atoms with Crippen LogP contribution in [0, 0.1) is 0 Å². The summed E-state index contributed by atoms with van der Waals surface area (Å²) in [5.74, 6) is 0.235. The van der Waals surface area contributed by atoms with Crippen molar-refractivity contribution in [3.63, 3.8) is 0 Å². The Morgan fingerprint density at radius 2 is 2.00 bits per heavy atom. The van der Waals surface area contributed by atoms with E-state index in [1.165, 1.54) is 0 Å². The van der Waals surface area contributed by atoms with E-state index in [9.17, 15) is 5.11 Å². The van der Waals surface area contributed by atoms with Crippen LogP contribution in [0.4, 0.5) is 5.69 Å². The number of aliphatic hydroxyl groups is 1. The molecule has 1 atom stereocenters. The molecule has 0 saturated carbocycles. The molecule has 1 unspecified atom stereocenters. The number of ether oxygens (including phenoxy) is 1. The van der Waals surface area contributed by atoms with Gasteiger partial charge in [-0.2, -0.15) is 0 Å². The highest BCUT2D eigenvalue weighted by molar-refractivity contribution is 5.45. The normalized spacial score (nSPS) is 12.4. The summed E-state index contributed by atoms with van der Waals surface area (Å²) in [6, 6.07) is 6.74. The van der Waals surface area contributed by atoms with Crippen molar-refractivity contribution in [3.8, 4) is 5.75 Å². The van der Waals surface area contributed by atoms with E-state index in [0.717, 1.165) is 18.5 Å². The summed E-state index contributed by atoms with van der Waals surface area (Å²) in [7, 11) is 0. The van der Waals surface area contributed by atoms with Crippen LogP contribution in [0.25, 0.3) is 0 Å². The largest absolute Gasteiger partial charge is 0.508 e. The molecule has 1 rings (SSSR count). The van der Waals surface area contributed by atoms with Crippen LogP contribution >= 0.6 is 0 Å². The maximum Gasteiger partial charge on any atom is 0.115 e. The number of nitrogens with one attached hydrogen (secondary N) is 1. The summed E-state index contributed by atoms with van der Waals surface area (Å²) in [5.41, 5.74) is 0.871. The number of aromatic hydroxyl groups is 1. The van der Waals surface area contributed by atoms with Crippen LogP contribution in [0.2, 0.25) is 0 Å². The van der Waals surface area contributed by atoms with Gasteiger partial charge in [-0.25, -0.2) is 0 Å². The van der Waals surface area contributed by atoms with Gasteiger partial charge in [0.1, 0.15) is 5.75 Å². The third-order valence-corrected chi connectivity index (χ3v) is 2.36. The summed E-state index contributed by atoms with van der Waals surface area (Å²) in [6.45, 7) is 3.60. The van der Waals surface area contributed by atoms with Gasteiger partial charge in [0.2, 0.25) is 0 Å². The highest BCUT2D eigenvalue weighted by Crippen LogP contribution is 2.13. The number of benzene rings is 1. The van der Waals surface area contributed by atoms with Crippen molar-refractivity contribution >= 4 is 5.69 Å². The average Bonchev–Trinajstić information content (AvgIpc) is 2.34. The maximum atomic E-state index is 9.63. The summed E-state index contributed by atoms with van der Waals surface area (Å²) < 4.78 is 5.31. The van der Waals surface area contributed by atoms with Crippen LogP contribution in [-0.2, 0) is 4.74 Å². The first-order valence-corrected chi connectivity index (χ1v) is 6.01. The van der Waals surface area contributed by atoms with E-state index >= 15 is 0 Å². The van der Waals surface area contributed by atoms with Crippen LogP contribution in [0.15, 0.2) is 24.3 Å². The second kappa shape index (κ2) is 7.92. The Morgan fingerprint density at radius 1 is 1.29 bits per heavy atom. The summed E-state index contributed by atoms with van der Waals surface area (Å²) in [5, 5.41) is 21.8. The van der Waals surface area contributed by atoms with Gasteiger partial charge in [-0.15, -0.1) is 0 Å². The molecule has 0 spiro atoms. The van der Waals surface area contributed by atoms with Crippen molar-refractivity contribution in [2.45, 2.75) is 25.9 Å². The predicted octanol–water partition coefficient (Wildman–Crippen LogP) is 1.98. The van der Waals surface area contributed by atoms with Gasteiger partial charge in [0.15, 0.2) is 0 Å². The Morgan fingerprint density at radius 3 is 2.65 bits per heavy atom. The molecule has 0 aliphatic carbocycles. The van der Waals surface area contributed by atoms with Gasteiger partial charge in [0.25, 0.3) is 0 Å². The number of hydrogen-bond donors (Lipinski definition) is 3. The fourth-order valence-electron chi connectivity index (χ4n) is 1.34. The van der Waals surface area contributed by atoms with Crippen molar-refractivity contribution < 1.29 is 14.9 Å². The zero-order chi connectivity index (χ0) is 12.5. The minimum atomic E-state index is -0.513. The topological polar surface area (TPSA) is 61.7 Å². The van der Waals surface area contributed by atoms with Crippen molar-refractivity contribution in [2.75, 3.05) is 25.1 Å². The Bertz CT molecular complexity index is 300. The van der Waals surface area contributed by atoms with Crippen LogP contribution in [0.3, 0.4) is 0 Å². The Balaban J connectivity index is 2.14. The lowest BCUT2D eigenvalue weighted by atomic mass is 10.3. The van der Waals surface area contributed by atoms with E-state index in [2.05, 4.69) is 12.2 Å². The van der Waals surface area contributed by atoms with Crippen molar-refractivity contribution in [2.24, 2.45) is 0 Å². The highest BCUT2D eigenvalue weighted by atomic mass is 16.5. The number of phenols is 1. The molecule has 0 heterocycles. The molecule has 4 heteroatoms. The molecule has 4 nitrogen and oxygen atoms in total. The Labute approximate surface area is 102 Å². The minimum absolute atomic E-state index is 0.235. The second-order valence-corrected chi connectivity index (χ2v) is 4.01. The molecule has 1 aromatic carbocycles. The van der Waals surface area contributed by atoms with E-state index in [1.807, 2.05) is 0 Å². The fourth-order valence-corrected chi connectivity index (χ4v) is 1.34. The molecule has 1 aromatic rings. The monoisotopic (exact) mass is 239 g/mol. The molecule has 96 valence electrons. The summed E-state index contributed by atoms with van der Waals surface area (Å²) in [6.07, 6.45) is 1.61. The first-order valence-electron chi connectivity index (χ1n) is 6.01. The number of rotatable bonds is 8. The molecule has 0 radical (unpaired) electrons. The molecule has 0 fully saturated rings. The third-order valence-electron chi connectivity index (χ3n) is 2.36. The first-order chi connectivity index (χ1) is 8.22. The quantitative estimate of drug-likeness (QED) is 0.479. The lowest BCUT2D eigenvalue weighted by molar-refractivity contribution is 0.0422. The molecular formula is C13H21NO3. The Kier molecular flexibility index (Phi) is 6.43. The molecule has 3 N–H and O–H groups in total. The van der Waals surface area contributed by atoms with E-state index < -0.39 is 6.10 Å². The number of phenolic OH excluding ortho intramolecular Hbond substituents is 1. The highest BCUT2D eigenvalue weighted by Gasteiger charge is 2.03. The van der Waals surface area contributed by atoms with Crippen LogP contribution in [0.1, 0.15) is 19.8 Å². The second-order valence-electron chi connectivity index (χ2n) is 4.01. The molecule has 0 bridgehead atoms. The summed E-state index contributed by atoms with van der Waals surface area (Å²) >= 11 is 0. The van der Waals surface area contributed by atoms with E-state index in [0.29, 0.717) is 19.8 Å². The number of hydrogen-bond acceptors (Lipinski definition) is 4. The van der Waals surface area contributed by atoms with Gasteiger partial charge >= 0.3 is 0 Å². The van der Waals surface area contributed by atoms with Gasteiger partial charge in [-0.3, -0.25) is 0 Å². The van der Waals surface area contributed by atoms with Crippen molar-refractivity contribution in [1.29, 1.82) is 0 Å². The van der Waals surface area contributed by atoms with E-state index in [-0.39, 0.29) is 5.75 Å². The minimum Gasteiger partial charge on any atom is -0.508 e. The molecule has 0 aliphatic heterocycles. The van der Waals surface area contributed by atoms with Crippen LogP contribution < -0.4 is 5.32 Å². The average molecular weight is 239 g/mol.